The second-order valence-electron chi connectivity index (χ2n) is 7.28. The van der Waals surface area contributed by atoms with Gasteiger partial charge in [-0.15, -0.1) is 0 Å². The van der Waals surface area contributed by atoms with Crippen LogP contribution in [-0.4, -0.2) is 37.0 Å². The molecule has 0 aliphatic carbocycles. The number of sulfonamides is 1. The van der Waals surface area contributed by atoms with E-state index in [4.69, 9.17) is 0 Å². The van der Waals surface area contributed by atoms with Crippen molar-refractivity contribution < 1.29 is 13.2 Å². The molecule has 0 bridgehead atoms. The number of imidazole rings is 1. The lowest BCUT2D eigenvalue weighted by molar-refractivity contribution is -0.121. The van der Waals surface area contributed by atoms with Crippen LogP contribution in [0.1, 0.15) is 17.5 Å². The molecule has 1 amide bonds. The molecule has 7 nitrogen and oxygen atoms in total. The molecule has 0 fully saturated rings. The Kier molecular flexibility index (Phi) is 5.85. The van der Waals surface area contributed by atoms with Gasteiger partial charge in [0.15, 0.2) is 5.03 Å². The summed E-state index contributed by atoms with van der Waals surface area (Å²) in [6, 6.07) is 17.6. The molecule has 0 saturated carbocycles. The van der Waals surface area contributed by atoms with Crippen LogP contribution in [0.25, 0.3) is 0 Å². The van der Waals surface area contributed by atoms with Crippen molar-refractivity contribution in [1.82, 2.24) is 14.9 Å². The topological polar surface area (TPSA) is 84.3 Å². The minimum atomic E-state index is -3.75. The molecule has 0 radical (unpaired) electrons. The van der Waals surface area contributed by atoms with Crippen LogP contribution in [0, 0.1) is 0 Å². The summed E-state index contributed by atoms with van der Waals surface area (Å²) in [6.45, 7) is 0.999. The van der Waals surface area contributed by atoms with Crippen molar-refractivity contribution in [2.75, 3.05) is 17.4 Å². The number of hydrogen-bond donors (Lipinski definition) is 1. The van der Waals surface area contributed by atoms with Crippen LogP contribution >= 0.6 is 0 Å². The van der Waals surface area contributed by atoms with Gasteiger partial charge in [0.25, 0.3) is 10.0 Å². The van der Waals surface area contributed by atoms with E-state index in [0.717, 1.165) is 18.4 Å². The highest BCUT2D eigenvalue weighted by Gasteiger charge is 2.32. The van der Waals surface area contributed by atoms with Crippen LogP contribution in [0.4, 0.5) is 5.69 Å². The molecule has 30 heavy (non-hydrogen) atoms. The molecule has 0 spiro atoms. The number of rotatable bonds is 8. The lowest BCUT2D eigenvalue weighted by atomic mass is 10.1. The normalized spacial score (nSPS) is 13.3. The molecule has 8 heteroatoms. The van der Waals surface area contributed by atoms with Gasteiger partial charge in [0.05, 0.1) is 12.0 Å². The number of carbonyl (C=O) groups excluding carboxylic acids is 1. The van der Waals surface area contributed by atoms with Gasteiger partial charge in [-0.1, -0.05) is 48.5 Å². The molecule has 2 aromatic carbocycles. The van der Waals surface area contributed by atoms with Crippen LogP contribution < -0.4 is 9.62 Å². The zero-order valence-corrected chi connectivity index (χ0v) is 17.4. The number of aromatic nitrogens is 2. The standard InChI is InChI=1S/C22H24N4O3S/c27-21(23-13-6-9-18-7-2-1-3-8-18)15-25-16-22(24-17-25)30(28,29)26-14-12-19-10-4-5-11-20(19)26/h1-5,7-8,10-11,16-17H,6,9,12-15H2,(H,23,27). The van der Waals surface area contributed by atoms with Gasteiger partial charge < -0.3 is 9.88 Å². The number of aryl methyl sites for hydroxylation is 1. The first-order chi connectivity index (χ1) is 14.5. The van der Waals surface area contributed by atoms with E-state index in [9.17, 15) is 13.2 Å². The molecule has 2 heterocycles. The second-order valence-corrected chi connectivity index (χ2v) is 9.09. The summed E-state index contributed by atoms with van der Waals surface area (Å²) in [7, 11) is -3.75. The van der Waals surface area contributed by atoms with Crippen LogP contribution in [0.2, 0.25) is 0 Å². The summed E-state index contributed by atoms with van der Waals surface area (Å²) in [6.07, 6.45) is 5.22. The maximum absolute atomic E-state index is 13.0. The number of amides is 1. The molecular weight excluding hydrogens is 400 g/mol. The first kappa shape index (κ1) is 20.2. The predicted molar refractivity (Wildman–Crippen MR) is 115 cm³/mol. The van der Waals surface area contributed by atoms with Crippen molar-refractivity contribution in [3.05, 3.63) is 78.2 Å². The minimum Gasteiger partial charge on any atom is -0.355 e. The lowest BCUT2D eigenvalue weighted by Crippen LogP contribution is -2.29. The van der Waals surface area contributed by atoms with Gasteiger partial charge in [0, 0.05) is 19.3 Å². The first-order valence-electron chi connectivity index (χ1n) is 9.97. The van der Waals surface area contributed by atoms with Crippen molar-refractivity contribution in [2.45, 2.75) is 30.8 Å². The molecule has 0 atom stereocenters. The Labute approximate surface area is 176 Å². The van der Waals surface area contributed by atoms with Crippen molar-refractivity contribution in [3.63, 3.8) is 0 Å². The minimum absolute atomic E-state index is 0.0322. The number of hydrogen-bond acceptors (Lipinski definition) is 4. The zero-order chi connectivity index (χ0) is 21.0. The van der Waals surface area contributed by atoms with Crippen LogP contribution in [0.15, 0.2) is 72.1 Å². The van der Waals surface area contributed by atoms with Crippen molar-refractivity contribution >= 4 is 21.6 Å². The fraction of sp³-hybridized carbons (Fsp3) is 0.273. The van der Waals surface area contributed by atoms with E-state index < -0.39 is 10.0 Å². The fourth-order valence-electron chi connectivity index (χ4n) is 3.62. The molecule has 1 aliphatic heterocycles. The van der Waals surface area contributed by atoms with Crippen LogP contribution in [0.5, 0.6) is 0 Å². The summed E-state index contributed by atoms with van der Waals surface area (Å²) >= 11 is 0. The smallest absolute Gasteiger partial charge is 0.283 e. The summed E-state index contributed by atoms with van der Waals surface area (Å²) in [5.41, 5.74) is 2.94. The number of carbonyl (C=O) groups is 1. The Balaban J connectivity index is 1.32. The number of nitrogens with zero attached hydrogens (tertiary/aromatic N) is 3. The molecule has 4 rings (SSSR count). The molecule has 0 unspecified atom stereocenters. The summed E-state index contributed by atoms with van der Waals surface area (Å²) < 4.78 is 28.9. The van der Waals surface area contributed by atoms with Gasteiger partial charge in [0.1, 0.15) is 6.54 Å². The number of nitrogens with one attached hydrogen (secondary N) is 1. The highest BCUT2D eigenvalue weighted by atomic mass is 32.2. The second kappa shape index (κ2) is 8.71. The highest BCUT2D eigenvalue weighted by Crippen LogP contribution is 2.32. The number of anilines is 1. The molecule has 1 aromatic heterocycles. The Hall–Kier alpha value is -3.13. The maximum Gasteiger partial charge on any atom is 0.283 e. The molecular formula is C22H24N4O3S. The molecule has 1 aliphatic rings. The monoisotopic (exact) mass is 424 g/mol. The van der Waals surface area contributed by atoms with E-state index in [-0.39, 0.29) is 17.5 Å². The van der Waals surface area contributed by atoms with Gasteiger partial charge in [-0.3, -0.25) is 9.10 Å². The zero-order valence-electron chi connectivity index (χ0n) is 16.6. The Bertz CT molecular complexity index is 1130. The van der Waals surface area contributed by atoms with Gasteiger partial charge in [0.2, 0.25) is 5.91 Å². The average molecular weight is 425 g/mol. The maximum atomic E-state index is 13.0. The SMILES string of the molecule is O=C(Cn1cnc(S(=O)(=O)N2CCc3ccccc32)c1)NCCCc1ccccc1. The molecule has 1 N–H and O–H groups in total. The third kappa shape index (κ3) is 4.38. The predicted octanol–water partition coefficient (Wildman–Crippen LogP) is 2.38. The fourth-order valence-corrected chi connectivity index (χ4v) is 5.06. The van der Waals surface area contributed by atoms with Crippen molar-refractivity contribution in [3.8, 4) is 0 Å². The van der Waals surface area contributed by atoms with E-state index in [1.165, 1.54) is 27.0 Å². The van der Waals surface area contributed by atoms with Crippen molar-refractivity contribution in [2.24, 2.45) is 0 Å². The third-order valence-electron chi connectivity index (χ3n) is 5.14. The summed E-state index contributed by atoms with van der Waals surface area (Å²) in [5.74, 6) is -0.170. The van der Waals surface area contributed by atoms with E-state index in [1.54, 1.807) is 6.07 Å². The van der Waals surface area contributed by atoms with Crippen LogP contribution in [0.3, 0.4) is 0 Å². The van der Waals surface area contributed by atoms with E-state index in [1.807, 2.05) is 36.4 Å². The molecule has 0 saturated heterocycles. The van der Waals surface area contributed by atoms with E-state index >= 15 is 0 Å². The number of benzene rings is 2. The molecule has 156 valence electrons. The van der Waals surface area contributed by atoms with Gasteiger partial charge in [-0.05, 0) is 36.5 Å². The summed E-state index contributed by atoms with van der Waals surface area (Å²) in [5, 5.41) is 2.82. The first-order valence-corrected chi connectivity index (χ1v) is 11.4. The average Bonchev–Trinajstić information content (AvgIpc) is 3.40. The number of para-hydroxylation sites is 1. The van der Waals surface area contributed by atoms with E-state index in [2.05, 4.69) is 22.4 Å². The Morgan fingerprint density at radius 3 is 2.67 bits per heavy atom. The number of fused-ring (bicyclic) bond motifs is 1. The third-order valence-corrected chi connectivity index (χ3v) is 6.84. The Morgan fingerprint density at radius 2 is 1.83 bits per heavy atom. The Morgan fingerprint density at radius 1 is 1.07 bits per heavy atom. The van der Waals surface area contributed by atoms with Crippen molar-refractivity contribution in [1.29, 1.82) is 0 Å². The van der Waals surface area contributed by atoms with Gasteiger partial charge >= 0.3 is 0 Å². The quantitative estimate of drug-likeness (QED) is 0.563. The lowest BCUT2D eigenvalue weighted by Gasteiger charge is -2.17. The van der Waals surface area contributed by atoms with Gasteiger partial charge in [-0.2, -0.15) is 8.42 Å². The largest absolute Gasteiger partial charge is 0.355 e. The molecule has 3 aromatic rings. The van der Waals surface area contributed by atoms with Crippen LogP contribution in [-0.2, 0) is 34.2 Å². The van der Waals surface area contributed by atoms with E-state index in [0.29, 0.717) is 25.2 Å². The van der Waals surface area contributed by atoms with Gasteiger partial charge in [-0.25, -0.2) is 4.98 Å². The highest BCUT2D eigenvalue weighted by molar-refractivity contribution is 7.92. The summed E-state index contributed by atoms with van der Waals surface area (Å²) in [4.78, 5) is 16.2.